The summed E-state index contributed by atoms with van der Waals surface area (Å²) in [5.74, 6) is 2.42. The summed E-state index contributed by atoms with van der Waals surface area (Å²) < 4.78 is 13.1. The minimum Gasteiger partial charge on any atom is -0.477 e. The van der Waals surface area contributed by atoms with Crippen molar-refractivity contribution in [3.8, 4) is 11.8 Å². The monoisotopic (exact) mass is 444 g/mol. The number of anilines is 1. The van der Waals surface area contributed by atoms with Gasteiger partial charge in [0, 0.05) is 67.4 Å². The van der Waals surface area contributed by atoms with E-state index in [-0.39, 0.29) is 5.88 Å². The van der Waals surface area contributed by atoms with E-state index < -0.39 is 6.09 Å². The van der Waals surface area contributed by atoms with Gasteiger partial charge in [0.25, 0.3) is 0 Å². The van der Waals surface area contributed by atoms with Gasteiger partial charge in [-0.25, -0.2) is 19.7 Å². The lowest BCUT2D eigenvalue weighted by molar-refractivity contribution is 0.209. The van der Waals surface area contributed by atoms with Crippen molar-refractivity contribution in [2.75, 3.05) is 11.9 Å². The molecule has 0 fully saturated rings. The summed E-state index contributed by atoms with van der Waals surface area (Å²) in [6.45, 7) is 2.25. The number of hydrogen-bond acceptors (Lipinski definition) is 7. The first kappa shape index (κ1) is 20.7. The number of carbonyl (C=O) groups is 1. The van der Waals surface area contributed by atoms with Gasteiger partial charge in [-0.1, -0.05) is 6.07 Å². The SMILES string of the molecule is NC(=O)Oc1nccc2cc(NCc3ccc(OCC4CCn5ccnc5C4)nc3)ccc12. The molecule has 1 atom stereocenters. The van der Waals surface area contributed by atoms with Gasteiger partial charge in [0.1, 0.15) is 5.82 Å². The third-order valence-electron chi connectivity index (χ3n) is 5.74. The quantitative estimate of drug-likeness (QED) is 0.448. The lowest BCUT2D eigenvalue weighted by Crippen LogP contribution is -2.24. The van der Waals surface area contributed by atoms with Crippen LogP contribution in [-0.4, -0.2) is 32.2 Å². The number of fused-ring (bicyclic) bond motifs is 2. The van der Waals surface area contributed by atoms with Crippen LogP contribution in [0.2, 0.25) is 0 Å². The van der Waals surface area contributed by atoms with Crippen molar-refractivity contribution in [1.82, 2.24) is 19.5 Å². The highest BCUT2D eigenvalue weighted by molar-refractivity contribution is 5.90. The zero-order chi connectivity index (χ0) is 22.6. The summed E-state index contributed by atoms with van der Waals surface area (Å²) in [7, 11) is 0. The van der Waals surface area contributed by atoms with Crippen molar-refractivity contribution in [2.24, 2.45) is 11.7 Å². The normalized spacial score (nSPS) is 15.1. The maximum absolute atomic E-state index is 11.0. The van der Waals surface area contributed by atoms with Crippen molar-refractivity contribution < 1.29 is 14.3 Å². The van der Waals surface area contributed by atoms with Crippen LogP contribution in [0, 0.1) is 5.92 Å². The number of rotatable bonds is 7. The molecular formula is C24H24N6O3. The fourth-order valence-corrected chi connectivity index (χ4v) is 4.00. The molecule has 0 spiro atoms. The van der Waals surface area contributed by atoms with Crippen LogP contribution < -0.4 is 20.5 Å². The van der Waals surface area contributed by atoms with Crippen LogP contribution in [0.1, 0.15) is 17.8 Å². The summed E-state index contributed by atoms with van der Waals surface area (Å²) in [6, 6.07) is 11.5. The molecule has 9 nitrogen and oxygen atoms in total. The molecule has 1 aliphatic rings. The molecule has 168 valence electrons. The van der Waals surface area contributed by atoms with Crippen molar-refractivity contribution in [3.63, 3.8) is 0 Å². The summed E-state index contributed by atoms with van der Waals surface area (Å²) in [5, 5.41) is 4.98. The van der Waals surface area contributed by atoms with Gasteiger partial charge in [-0.05, 0) is 41.6 Å². The van der Waals surface area contributed by atoms with E-state index in [1.807, 2.05) is 55.0 Å². The summed E-state index contributed by atoms with van der Waals surface area (Å²) in [6.07, 6.45) is 8.43. The molecule has 9 heteroatoms. The van der Waals surface area contributed by atoms with Crippen LogP contribution in [0.15, 0.2) is 61.2 Å². The van der Waals surface area contributed by atoms with Crippen LogP contribution in [0.5, 0.6) is 11.8 Å². The number of nitrogens with zero attached hydrogens (tertiary/aromatic N) is 4. The lowest BCUT2D eigenvalue weighted by Gasteiger charge is -2.23. The van der Waals surface area contributed by atoms with E-state index in [1.54, 1.807) is 6.20 Å². The lowest BCUT2D eigenvalue weighted by atomic mass is 9.99. The molecule has 1 amide bonds. The minimum absolute atomic E-state index is 0.199. The van der Waals surface area contributed by atoms with Crippen molar-refractivity contribution >= 4 is 22.6 Å². The minimum atomic E-state index is -0.886. The number of nitrogens with one attached hydrogen (secondary N) is 1. The third-order valence-corrected chi connectivity index (χ3v) is 5.74. The number of nitrogens with two attached hydrogens (primary N) is 1. The molecule has 33 heavy (non-hydrogen) atoms. The number of pyridine rings is 2. The molecule has 0 saturated heterocycles. The number of benzene rings is 1. The zero-order valence-corrected chi connectivity index (χ0v) is 18.0. The molecule has 3 N–H and O–H groups in total. The Hall–Kier alpha value is -4.14. The van der Waals surface area contributed by atoms with Gasteiger partial charge >= 0.3 is 6.09 Å². The Morgan fingerprint density at radius 1 is 1.15 bits per heavy atom. The number of aromatic nitrogens is 4. The van der Waals surface area contributed by atoms with Crippen LogP contribution in [0.3, 0.4) is 0 Å². The van der Waals surface area contributed by atoms with Gasteiger partial charge in [0.2, 0.25) is 11.8 Å². The van der Waals surface area contributed by atoms with E-state index >= 15 is 0 Å². The van der Waals surface area contributed by atoms with Gasteiger partial charge in [-0.2, -0.15) is 0 Å². The van der Waals surface area contributed by atoms with E-state index in [1.165, 1.54) is 0 Å². The van der Waals surface area contributed by atoms with Crippen molar-refractivity contribution in [3.05, 3.63) is 72.6 Å². The van der Waals surface area contributed by atoms with Crippen molar-refractivity contribution in [2.45, 2.75) is 25.9 Å². The first-order valence-corrected chi connectivity index (χ1v) is 10.8. The van der Waals surface area contributed by atoms with Gasteiger partial charge < -0.3 is 25.1 Å². The predicted molar refractivity (Wildman–Crippen MR) is 123 cm³/mol. The molecule has 3 aromatic heterocycles. The molecule has 1 unspecified atom stereocenters. The zero-order valence-electron chi connectivity index (χ0n) is 18.0. The van der Waals surface area contributed by atoms with Crippen molar-refractivity contribution in [1.29, 1.82) is 0 Å². The van der Waals surface area contributed by atoms with Crippen LogP contribution >= 0.6 is 0 Å². The Balaban J connectivity index is 1.15. The highest BCUT2D eigenvalue weighted by Gasteiger charge is 2.19. The van der Waals surface area contributed by atoms with Crippen LogP contribution in [-0.2, 0) is 19.5 Å². The van der Waals surface area contributed by atoms with E-state index in [4.69, 9.17) is 15.2 Å². The summed E-state index contributed by atoms with van der Waals surface area (Å²) >= 11 is 0. The van der Waals surface area contributed by atoms with Gasteiger partial charge in [0.05, 0.1) is 6.61 Å². The Morgan fingerprint density at radius 2 is 2.09 bits per heavy atom. The Bertz CT molecular complexity index is 1270. The predicted octanol–water partition coefficient (Wildman–Crippen LogP) is 3.54. The van der Waals surface area contributed by atoms with Gasteiger partial charge in [-0.15, -0.1) is 0 Å². The maximum Gasteiger partial charge on any atom is 0.411 e. The Labute approximate surface area is 190 Å². The summed E-state index contributed by atoms with van der Waals surface area (Å²) in [5.41, 5.74) is 7.07. The van der Waals surface area contributed by atoms with Crippen LogP contribution in [0.4, 0.5) is 10.5 Å². The maximum atomic E-state index is 11.0. The Kier molecular flexibility index (Phi) is 5.75. The topological polar surface area (TPSA) is 117 Å². The number of carbonyl (C=O) groups excluding carboxylic acids is 1. The molecule has 4 aromatic rings. The Morgan fingerprint density at radius 3 is 2.94 bits per heavy atom. The standard InChI is InChI=1S/C24H24N6O3/c25-24(31)33-23-20-3-2-19(12-18(20)5-7-27-23)28-13-17-1-4-22(29-14-17)32-15-16-6-9-30-10-8-26-21(30)11-16/h1-5,7-8,10,12,14,16,28H,6,9,11,13,15H2,(H2,25,31). The number of imidazole rings is 1. The number of ether oxygens (including phenoxy) is 2. The average Bonchev–Trinajstić information content (AvgIpc) is 3.30. The molecule has 5 rings (SSSR count). The second-order valence-electron chi connectivity index (χ2n) is 8.04. The molecular weight excluding hydrogens is 420 g/mol. The smallest absolute Gasteiger partial charge is 0.411 e. The van der Waals surface area contributed by atoms with E-state index in [0.717, 1.165) is 41.8 Å². The highest BCUT2D eigenvalue weighted by atomic mass is 16.6. The first-order chi connectivity index (χ1) is 16.1. The molecule has 1 aliphatic heterocycles. The van der Waals surface area contributed by atoms with Gasteiger partial charge in [0.15, 0.2) is 0 Å². The highest BCUT2D eigenvalue weighted by Crippen LogP contribution is 2.26. The van der Waals surface area contributed by atoms with Gasteiger partial charge in [-0.3, -0.25) is 0 Å². The molecule has 4 heterocycles. The first-order valence-electron chi connectivity index (χ1n) is 10.8. The second-order valence-corrected chi connectivity index (χ2v) is 8.04. The second kappa shape index (κ2) is 9.15. The molecule has 0 saturated carbocycles. The largest absolute Gasteiger partial charge is 0.477 e. The van der Waals surface area contributed by atoms with E-state index in [0.29, 0.717) is 30.3 Å². The summed E-state index contributed by atoms with van der Waals surface area (Å²) in [4.78, 5) is 24.0. The average molecular weight is 444 g/mol. The number of amides is 1. The molecule has 0 bridgehead atoms. The van der Waals surface area contributed by atoms with E-state index in [9.17, 15) is 4.79 Å². The number of hydrogen-bond donors (Lipinski definition) is 2. The molecule has 1 aromatic carbocycles. The molecule has 0 aliphatic carbocycles. The molecule has 0 radical (unpaired) electrons. The third kappa shape index (κ3) is 4.87. The van der Waals surface area contributed by atoms with E-state index in [2.05, 4.69) is 24.8 Å². The van der Waals surface area contributed by atoms with Crippen LogP contribution in [0.25, 0.3) is 10.8 Å². The number of aryl methyl sites for hydroxylation is 1. The number of primary amides is 1. The fraction of sp³-hybridized carbons (Fsp3) is 0.250. The fourth-order valence-electron chi connectivity index (χ4n) is 4.00.